The molecule has 3 saturated carbocycles. The molecule has 204 valence electrons. The summed E-state index contributed by atoms with van der Waals surface area (Å²) in [4.78, 5) is 59.2. The molecule has 0 aromatic rings. The lowest BCUT2D eigenvalue weighted by Crippen LogP contribution is -2.64. The number of hydrogen-bond donors (Lipinski definition) is 0. The largest absolute Gasteiger partial charge is 0.310 e. The van der Waals surface area contributed by atoms with Crippen LogP contribution in [0.2, 0.25) is 0 Å². The number of allylic oxidation sites excluding steroid dienone is 4. The average Bonchev–Trinajstić information content (AvgIpc) is 3.04. The molecule has 13 nitrogen and oxygen atoms in total. The zero-order valence-electron chi connectivity index (χ0n) is 20.9. The summed E-state index contributed by atoms with van der Waals surface area (Å²) in [5, 5.41) is 21.2. The average molecular weight is 543 g/mol. The van der Waals surface area contributed by atoms with Gasteiger partial charge in [0.25, 0.3) is 20.3 Å². The molecule has 3 fully saturated rings. The summed E-state index contributed by atoms with van der Waals surface area (Å²) in [6.07, 6.45) is 5.10. The molecule has 0 spiro atoms. The molecule has 0 heterocycles. The number of carbonyl (C=O) groups excluding carboxylic acids is 2. The van der Waals surface area contributed by atoms with Gasteiger partial charge in [0.1, 0.15) is 12.7 Å². The second-order valence-electron chi connectivity index (χ2n) is 11.1. The van der Waals surface area contributed by atoms with Gasteiger partial charge in [0.05, 0.1) is 6.26 Å². The molecule has 0 amide bonds. The van der Waals surface area contributed by atoms with Crippen LogP contribution < -0.4 is 0 Å². The third kappa shape index (κ3) is 4.33. The Kier molecular flexibility index (Phi) is 6.51. The maximum Gasteiger partial charge on any atom is 0.295 e. The highest BCUT2D eigenvalue weighted by Crippen LogP contribution is 2.69. The van der Waals surface area contributed by atoms with E-state index in [4.69, 9.17) is 9.68 Å². The quantitative estimate of drug-likeness (QED) is 0.249. The van der Waals surface area contributed by atoms with E-state index in [1.54, 1.807) is 19.1 Å². The molecule has 14 heteroatoms. The third-order valence-corrected chi connectivity index (χ3v) is 9.77. The minimum atomic E-state index is -4.03. The number of fused-ring (bicyclic) bond motifs is 5. The summed E-state index contributed by atoms with van der Waals surface area (Å²) in [6, 6.07) is 0. The molecule has 0 unspecified atom stereocenters. The van der Waals surface area contributed by atoms with Crippen LogP contribution in [0.1, 0.15) is 46.5 Å². The monoisotopic (exact) mass is 542 g/mol. The molecule has 37 heavy (non-hydrogen) atoms. The Labute approximate surface area is 213 Å². The molecule has 4 aliphatic rings. The number of nitrogens with zero attached hydrogens (tertiary/aromatic N) is 2. The van der Waals surface area contributed by atoms with Crippen LogP contribution in [0.5, 0.6) is 0 Å². The van der Waals surface area contributed by atoms with Gasteiger partial charge in [-0.2, -0.15) is 8.42 Å². The van der Waals surface area contributed by atoms with Crippen molar-refractivity contribution in [3.63, 3.8) is 0 Å². The summed E-state index contributed by atoms with van der Waals surface area (Å²) < 4.78 is 27.8. The number of rotatable bonds is 8. The second kappa shape index (κ2) is 8.86. The van der Waals surface area contributed by atoms with Crippen LogP contribution in [0.15, 0.2) is 23.8 Å². The number of ketones is 2. The van der Waals surface area contributed by atoms with Crippen molar-refractivity contribution in [3.05, 3.63) is 44.0 Å². The SMILES string of the molecule is C[C@H]1C[C@@H]2[C@H]([C@@H](O[N+](=O)[O-])C[C@@]3(C)[C@H]2CC[C@]3(O[N+](=O)[O-])C(=O)COS(C)(=O)=O)[C@@]2(C)C=CC(=O)C=C12. The standard InChI is InChI=1S/C23H30N2O11S/c1-13-9-15-16-6-8-23(36-25(30)31,19(27)12-34-37(4,32)33)22(16,3)11-18(35-24(28)29)20(15)21(2)7-5-14(26)10-17(13)21/h5,7,10,13,15-16,18,20H,6,8-9,11-12H2,1-4H3/t13-,15-,16-,18-,20+,21-,22-,23-/m0/s1. The maximum absolute atomic E-state index is 13.4. The Morgan fingerprint density at radius 2 is 1.89 bits per heavy atom. The fourth-order valence-electron chi connectivity index (χ4n) is 7.97. The van der Waals surface area contributed by atoms with Gasteiger partial charge in [-0.05, 0) is 55.6 Å². The Hall–Kier alpha value is -2.87. The summed E-state index contributed by atoms with van der Waals surface area (Å²) in [6.45, 7) is 4.53. The van der Waals surface area contributed by atoms with Crippen molar-refractivity contribution in [2.24, 2.45) is 34.5 Å². The lowest BCUT2D eigenvalue weighted by Gasteiger charge is -2.61. The first-order chi connectivity index (χ1) is 17.0. The highest BCUT2D eigenvalue weighted by molar-refractivity contribution is 7.86. The molecule has 8 atom stereocenters. The molecular weight excluding hydrogens is 512 g/mol. The Morgan fingerprint density at radius 1 is 1.22 bits per heavy atom. The molecule has 4 rings (SSSR count). The second-order valence-corrected chi connectivity index (χ2v) is 12.8. The molecular formula is C23H30N2O11S. The van der Waals surface area contributed by atoms with E-state index in [2.05, 4.69) is 4.18 Å². The fourth-order valence-corrected chi connectivity index (χ4v) is 8.30. The first-order valence-electron chi connectivity index (χ1n) is 12.0. The minimum Gasteiger partial charge on any atom is -0.310 e. The van der Waals surface area contributed by atoms with Gasteiger partial charge in [0.15, 0.2) is 17.2 Å². The molecule has 4 aliphatic carbocycles. The predicted molar refractivity (Wildman–Crippen MR) is 125 cm³/mol. The first kappa shape index (κ1) is 27.2. The van der Waals surface area contributed by atoms with Crippen LogP contribution >= 0.6 is 0 Å². The van der Waals surface area contributed by atoms with E-state index in [1.807, 2.05) is 13.8 Å². The molecule has 0 aromatic heterocycles. The smallest absolute Gasteiger partial charge is 0.295 e. The molecule has 0 radical (unpaired) electrons. The Balaban J connectivity index is 1.83. The maximum atomic E-state index is 13.4. The van der Waals surface area contributed by atoms with E-state index in [9.17, 15) is 38.2 Å². The van der Waals surface area contributed by atoms with Gasteiger partial charge in [-0.15, -0.1) is 20.2 Å². The lowest BCUT2D eigenvalue weighted by molar-refractivity contribution is -0.784. The van der Waals surface area contributed by atoms with Gasteiger partial charge in [0.2, 0.25) is 0 Å². The van der Waals surface area contributed by atoms with Crippen molar-refractivity contribution >= 4 is 21.7 Å². The van der Waals surface area contributed by atoms with E-state index in [0.717, 1.165) is 11.8 Å². The van der Waals surface area contributed by atoms with Crippen molar-refractivity contribution in [1.82, 2.24) is 0 Å². The highest BCUT2D eigenvalue weighted by atomic mass is 32.2. The van der Waals surface area contributed by atoms with E-state index in [-0.39, 0.29) is 36.4 Å². The van der Waals surface area contributed by atoms with Crippen LogP contribution in [-0.4, -0.2) is 54.7 Å². The van der Waals surface area contributed by atoms with Gasteiger partial charge in [-0.3, -0.25) is 18.6 Å². The van der Waals surface area contributed by atoms with Crippen molar-refractivity contribution in [1.29, 1.82) is 0 Å². The van der Waals surface area contributed by atoms with Crippen molar-refractivity contribution in [3.8, 4) is 0 Å². The zero-order chi connectivity index (χ0) is 27.6. The van der Waals surface area contributed by atoms with Crippen molar-refractivity contribution in [2.75, 3.05) is 12.9 Å². The van der Waals surface area contributed by atoms with Crippen LogP contribution in [-0.2, 0) is 33.6 Å². The number of hydrogen-bond acceptors (Lipinski definition) is 11. The third-order valence-electron chi connectivity index (χ3n) is 9.22. The van der Waals surface area contributed by atoms with Crippen LogP contribution in [0.4, 0.5) is 0 Å². The van der Waals surface area contributed by atoms with E-state index in [0.29, 0.717) is 12.8 Å². The van der Waals surface area contributed by atoms with E-state index >= 15 is 0 Å². The molecule has 0 aromatic carbocycles. The first-order valence-corrected chi connectivity index (χ1v) is 13.8. The van der Waals surface area contributed by atoms with Crippen LogP contribution in [0, 0.1) is 54.7 Å². The van der Waals surface area contributed by atoms with Gasteiger partial charge in [-0.25, -0.2) is 0 Å². The van der Waals surface area contributed by atoms with Gasteiger partial charge in [0, 0.05) is 16.7 Å². The Morgan fingerprint density at radius 3 is 2.49 bits per heavy atom. The summed E-state index contributed by atoms with van der Waals surface area (Å²) in [5.41, 5.74) is -3.26. The summed E-state index contributed by atoms with van der Waals surface area (Å²) in [7, 11) is -4.03. The normalized spacial score (nSPS) is 40.6. The molecule has 0 aliphatic heterocycles. The number of Topliss-reactive ketones (excluding diaryl/α,β-unsaturated/α-hetero) is 1. The summed E-state index contributed by atoms with van der Waals surface area (Å²) in [5.74, 6) is -2.21. The summed E-state index contributed by atoms with van der Waals surface area (Å²) >= 11 is 0. The predicted octanol–water partition coefficient (Wildman–Crippen LogP) is 2.22. The topological polar surface area (TPSA) is 182 Å². The Bertz CT molecular complexity index is 1210. The molecule has 0 bridgehead atoms. The van der Waals surface area contributed by atoms with Gasteiger partial charge < -0.3 is 4.84 Å². The van der Waals surface area contributed by atoms with Crippen LogP contribution in [0.25, 0.3) is 0 Å². The van der Waals surface area contributed by atoms with Gasteiger partial charge >= 0.3 is 0 Å². The zero-order valence-corrected chi connectivity index (χ0v) is 21.8. The molecule has 0 N–H and O–H groups in total. The van der Waals surface area contributed by atoms with Crippen molar-refractivity contribution in [2.45, 2.75) is 58.2 Å². The van der Waals surface area contributed by atoms with Crippen LogP contribution in [0.3, 0.4) is 0 Å². The molecule has 0 saturated heterocycles. The van der Waals surface area contributed by atoms with Gasteiger partial charge in [-0.1, -0.05) is 32.4 Å². The number of carbonyl (C=O) groups is 2. The van der Waals surface area contributed by atoms with E-state index in [1.165, 1.54) is 6.08 Å². The highest BCUT2D eigenvalue weighted by Gasteiger charge is 2.71. The lowest BCUT2D eigenvalue weighted by atomic mass is 9.44. The van der Waals surface area contributed by atoms with E-state index < -0.39 is 61.1 Å². The van der Waals surface area contributed by atoms with Crippen molar-refractivity contribution < 1.29 is 42.0 Å². The minimum absolute atomic E-state index is 0.0746. The fraction of sp³-hybridized carbons (Fsp3) is 0.739.